The molecule has 4 aromatic heterocycles. The van der Waals surface area contributed by atoms with Crippen molar-refractivity contribution in [3.05, 3.63) is 119 Å². The molecule has 14 heteroatoms. The van der Waals surface area contributed by atoms with E-state index in [2.05, 4.69) is 0 Å². The van der Waals surface area contributed by atoms with Crippen LogP contribution in [0.2, 0.25) is 0 Å². The van der Waals surface area contributed by atoms with Gasteiger partial charge in [-0.2, -0.15) is 0 Å². The number of rotatable bonds is 4. The van der Waals surface area contributed by atoms with Crippen LogP contribution in [0.15, 0.2) is 60.7 Å². The zero-order valence-electron chi connectivity index (χ0n) is 23.2. The van der Waals surface area contributed by atoms with Gasteiger partial charge >= 0.3 is 0 Å². The summed E-state index contributed by atoms with van der Waals surface area (Å²) in [7, 11) is 0. The Hall–Kier alpha value is -4.24. The Balaban J connectivity index is 1.14. The van der Waals surface area contributed by atoms with E-state index in [-0.39, 0.29) is 9.75 Å². The van der Waals surface area contributed by atoms with Crippen molar-refractivity contribution in [1.29, 1.82) is 0 Å². The van der Waals surface area contributed by atoms with Gasteiger partial charge in [0.1, 0.15) is 0 Å². The summed E-state index contributed by atoms with van der Waals surface area (Å²) >= 11 is 4.57. The minimum absolute atomic E-state index is 0.110. The molecule has 48 heavy (non-hydrogen) atoms. The molecule has 8 rings (SSSR count). The maximum absolute atomic E-state index is 14.4. The van der Waals surface area contributed by atoms with E-state index < -0.39 is 69.3 Å². The van der Waals surface area contributed by atoms with Gasteiger partial charge in [-0.3, -0.25) is 0 Å². The molecule has 0 nitrogen and oxygen atoms in total. The molecule has 0 saturated heterocycles. The Labute approximate surface area is 278 Å². The van der Waals surface area contributed by atoms with Gasteiger partial charge in [0.15, 0.2) is 46.5 Å². The summed E-state index contributed by atoms with van der Waals surface area (Å²) in [5.41, 5.74) is -1.96. The molecule has 4 heterocycles. The molecule has 0 radical (unpaired) electrons. The molecule has 0 bridgehead atoms. The summed E-state index contributed by atoms with van der Waals surface area (Å²) < 4.78 is 142. The summed E-state index contributed by atoms with van der Waals surface area (Å²) in [6.07, 6.45) is 0. The predicted octanol–water partition coefficient (Wildman–Crippen LogP) is 13.5. The van der Waals surface area contributed by atoms with Crippen LogP contribution in [0.3, 0.4) is 0 Å². The number of hydrogen-bond acceptors (Lipinski definition) is 4. The fourth-order valence-corrected chi connectivity index (χ4v) is 9.84. The lowest BCUT2D eigenvalue weighted by Crippen LogP contribution is -2.03. The minimum Gasteiger partial charge on any atom is -0.203 e. The van der Waals surface area contributed by atoms with Crippen molar-refractivity contribution in [3.63, 3.8) is 0 Å². The summed E-state index contributed by atoms with van der Waals surface area (Å²) in [6, 6.07) is 17.3. The van der Waals surface area contributed by atoms with Crippen molar-refractivity contribution >= 4 is 76.3 Å². The Kier molecular flexibility index (Phi) is 7.22. The van der Waals surface area contributed by atoms with Crippen LogP contribution in [-0.4, -0.2) is 0 Å². The molecule has 0 unspecified atom stereocenters. The highest BCUT2D eigenvalue weighted by Crippen LogP contribution is 2.46. The van der Waals surface area contributed by atoms with E-state index >= 15 is 0 Å². The van der Waals surface area contributed by atoms with E-state index in [4.69, 9.17) is 0 Å². The Bertz CT molecular complexity index is 2340. The first-order valence-electron chi connectivity index (χ1n) is 13.6. The smallest absolute Gasteiger partial charge is 0.200 e. The van der Waals surface area contributed by atoms with Crippen LogP contribution in [0, 0.1) is 58.2 Å². The third kappa shape index (κ3) is 4.68. The normalized spacial score (nSPS) is 12.0. The van der Waals surface area contributed by atoms with Crippen LogP contribution in [0.4, 0.5) is 43.9 Å². The second-order valence-corrected chi connectivity index (χ2v) is 14.9. The third-order valence-corrected chi connectivity index (χ3v) is 12.5. The van der Waals surface area contributed by atoms with Crippen molar-refractivity contribution < 1.29 is 43.9 Å². The third-order valence-electron chi connectivity index (χ3n) is 7.72. The molecule has 240 valence electrons. The van der Waals surface area contributed by atoms with Crippen LogP contribution >= 0.6 is 45.3 Å². The Morgan fingerprint density at radius 1 is 0.271 bits per heavy atom. The van der Waals surface area contributed by atoms with Crippen LogP contribution in [-0.2, 0) is 0 Å². The van der Waals surface area contributed by atoms with Crippen LogP contribution in [0.25, 0.3) is 71.3 Å². The SMILES string of the molecule is Fc1c(F)c(F)c(-c2ccc(-c3cc4cc5cc6cc(-c7ccc(-c8c(F)c(F)c(F)c(F)c8F)s7)sc6cc5cc4s3)s2)c(F)c1F. The van der Waals surface area contributed by atoms with E-state index in [0.29, 0.717) is 9.75 Å². The molecule has 0 aliphatic heterocycles. The number of benzene rings is 4. The summed E-state index contributed by atoms with van der Waals surface area (Å²) in [4.78, 5) is 2.39. The Morgan fingerprint density at radius 2 is 0.583 bits per heavy atom. The quantitative estimate of drug-likeness (QED) is 0.0959. The maximum Gasteiger partial charge on any atom is 0.200 e. The first-order chi connectivity index (χ1) is 22.9. The molecule has 0 amide bonds. The number of hydrogen-bond donors (Lipinski definition) is 0. The van der Waals surface area contributed by atoms with Crippen molar-refractivity contribution in [2.75, 3.05) is 0 Å². The monoisotopic (exact) mass is 736 g/mol. The van der Waals surface area contributed by atoms with Crippen molar-refractivity contribution in [2.24, 2.45) is 0 Å². The molecule has 0 saturated carbocycles. The van der Waals surface area contributed by atoms with E-state index in [0.717, 1.165) is 63.4 Å². The first-order valence-corrected chi connectivity index (χ1v) is 16.8. The summed E-state index contributed by atoms with van der Waals surface area (Å²) in [5.74, 6) is -20.1. The van der Waals surface area contributed by atoms with Gasteiger partial charge in [-0.15, -0.1) is 45.3 Å². The lowest BCUT2D eigenvalue weighted by atomic mass is 10.1. The molecule has 0 aliphatic carbocycles. The van der Waals surface area contributed by atoms with Crippen molar-refractivity contribution in [3.8, 4) is 40.4 Å². The highest BCUT2D eigenvalue weighted by Gasteiger charge is 2.29. The van der Waals surface area contributed by atoms with Crippen LogP contribution < -0.4 is 0 Å². The minimum atomic E-state index is -2.22. The fourth-order valence-electron chi connectivity index (χ4n) is 5.42. The van der Waals surface area contributed by atoms with E-state index in [1.54, 1.807) is 12.1 Å². The molecule has 0 spiro atoms. The largest absolute Gasteiger partial charge is 0.203 e. The van der Waals surface area contributed by atoms with Crippen LogP contribution in [0.1, 0.15) is 0 Å². The standard InChI is InChI=1S/C34H10F10S4/c35-25-23(26(36)30(40)33(43)29(25)39)17-3-1-15(45-17)21-9-13-5-11-6-14-10-22(48-20(14)8-12(11)7-19(13)47-21)16-2-4-18(46-16)24-27(37)31(41)34(44)32(42)28(24)38/h1-10H. The second-order valence-electron chi connectivity index (χ2n) is 10.6. The molecule has 0 N–H and O–H groups in total. The van der Waals surface area contributed by atoms with Gasteiger partial charge in [0.25, 0.3) is 0 Å². The number of halogens is 10. The number of fused-ring (bicyclic) bond motifs is 3. The Morgan fingerprint density at radius 3 is 0.958 bits per heavy atom. The van der Waals surface area contributed by atoms with Gasteiger partial charge in [0, 0.05) is 38.7 Å². The molecule has 0 fully saturated rings. The molecule has 4 aromatic carbocycles. The van der Waals surface area contributed by atoms with E-state index in [9.17, 15) is 43.9 Å². The molecule has 0 aliphatic rings. The van der Waals surface area contributed by atoms with Crippen molar-refractivity contribution in [2.45, 2.75) is 0 Å². The zero-order chi connectivity index (χ0) is 33.8. The first kappa shape index (κ1) is 31.1. The predicted molar refractivity (Wildman–Crippen MR) is 172 cm³/mol. The molecule has 0 atom stereocenters. The fraction of sp³-hybridized carbons (Fsp3) is 0. The van der Waals surface area contributed by atoms with Gasteiger partial charge in [-0.1, -0.05) is 0 Å². The van der Waals surface area contributed by atoms with Gasteiger partial charge in [-0.25, -0.2) is 43.9 Å². The highest BCUT2D eigenvalue weighted by atomic mass is 32.1. The van der Waals surface area contributed by atoms with Gasteiger partial charge < -0.3 is 0 Å². The van der Waals surface area contributed by atoms with Gasteiger partial charge in [0.2, 0.25) is 11.6 Å². The molecular formula is C34H10F10S4. The molecule has 8 aromatic rings. The van der Waals surface area contributed by atoms with E-state index in [1.807, 2.05) is 36.4 Å². The van der Waals surface area contributed by atoms with Crippen molar-refractivity contribution in [1.82, 2.24) is 0 Å². The average Bonchev–Trinajstić information content (AvgIpc) is 3.89. The second kappa shape index (κ2) is 11.2. The summed E-state index contributed by atoms with van der Waals surface area (Å²) in [6.45, 7) is 0. The lowest BCUT2D eigenvalue weighted by molar-refractivity contribution is 0.381. The average molecular weight is 737 g/mol. The van der Waals surface area contributed by atoms with Gasteiger partial charge in [-0.05, 0) is 82.2 Å². The van der Waals surface area contributed by atoms with E-state index in [1.165, 1.54) is 34.8 Å². The summed E-state index contributed by atoms with van der Waals surface area (Å²) in [5, 5.41) is 3.48. The zero-order valence-corrected chi connectivity index (χ0v) is 26.5. The molecular weight excluding hydrogens is 727 g/mol. The topological polar surface area (TPSA) is 0 Å². The maximum atomic E-state index is 14.4. The van der Waals surface area contributed by atoms with Crippen LogP contribution in [0.5, 0.6) is 0 Å². The lowest BCUT2D eigenvalue weighted by Gasteiger charge is -2.06. The van der Waals surface area contributed by atoms with Gasteiger partial charge in [0.05, 0.1) is 11.1 Å². The highest BCUT2D eigenvalue weighted by molar-refractivity contribution is 7.27. The number of thiophene rings is 4.